The molecule has 1 aliphatic carbocycles. The lowest BCUT2D eigenvalue weighted by molar-refractivity contribution is 0.0739. The van der Waals surface area contributed by atoms with E-state index >= 15 is 0 Å². The van der Waals surface area contributed by atoms with Crippen LogP contribution in [-0.4, -0.2) is 40.5 Å². The molecule has 0 N–H and O–H groups in total. The van der Waals surface area contributed by atoms with E-state index < -0.39 is 0 Å². The van der Waals surface area contributed by atoms with Gasteiger partial charge in [0.05, 0.1) is 11.6 Å². The molecular formula is C18H21N3O2S. The maximum absolute atomic E-state index is 12.7. The number of fused-ring (bicyclic) bond motifs is 1. The van der Waals surface area contributed by atoms with Crippen molar-refractivity contribution in [3.05, 3.63) is 40.5 Å². The van der Waals surface area contributed by atoms with Crippen LogP contribution in [-0.2, 0) is 0 Å². The second-order valence-corrected chi connectivity index (χ2v) is 7.91. The van der Waals surface area contributed by atoms with Crippen molar-refractivity contribution in [3.63, 3.8) is 0 Å². The predicted molar refractivity (Wildman–Crippen MR) is 92.3 cm³/mol. The fourth-order valence-corrected chi connectivity index (χ4v) is 4.67. The molecule has 2 aromatic heterocycles. The monoisotopic (exact) mass is 343 g/mol. The number of nitrogens with zero attached hydrogens (tertiary/aromatic N) is 3. The van der Waals surface area contributed by atoms with Crippen LogP contribution in [0.15, 0.2) is 29.8 Å². The minimum Gasteiger partial charge on any atom is -0.477 e. The van der Waals surface area contributed by atoms with Crippen LogP contribution < -0.4 is 4.74 Å². The van der Waals surface area contributed by atoms with Gasteiger partial charge in [-0.2, -0.15) is 0 Å². The first-order valence-electron chi connectivity index (χ1n) is 8.42. The van der Waals surface area contributed by atoms with Gasteiger partial charge in [0.2, 0.25) is 5.88 Å². The first kappa shape index (κ1) is 15.6. The van der Waals surface area contributed by atoms with Crippen molar-refractivity contribution in [2.45, 2.75) is 26.2 Å². The highest BCUT2D eigenvalue weighted by Gasteiger charge is 2.51. The summed E-state index contributed by atoms with van der Waals surface area (Å²) in [6, 6.07) is 5.70. The largest absolute Gasteiger partial charge is 0.477 e. The minimum absolute atomic E-state index is 0.0611. The molecule has 4 rings (SSSR count). The Morgan fingerprint density at radius 2 is 2.42 bits per heavy atom. The van der Waals surface area contributed by atoms with Crippen LogP contribution in [0.5, 0.6) is 5.88 Å². The number of pyridine rings is 1. The van der Waals surface area contributed by atoms with Crippen LogP contribution in [0, 0.1) is 18.3 Å². The maximum Gasteiger partial charge on any atom is 0.273 e. The molecule has 0 unspecified atom stereocenters. The lowest BCUT2D eigenvalue weighted by atomic mass is 9.81. The van der Waals surface area contributed by atoms with Gasteiger partial charge in [0.15, 0.2) is 0 Å². The van der Waals surface area contributed by atoms with Crippen molar-refractivity contribution in [1.29, 1.82) is 0 Å². The first-order valence-corrected chi connectivity index (χ1v) is 9.29. The summed E-state index contributed by atoms with van der Waals surface area (Å²) in [6.45, 7) is 4.15. The normalized spacial score (nSPS) is 25.7. The smallest absolute Gasteiger partial charge is 0.273 e. The number of hydrogen-bond donors (Lipinski definition) is 0. The number of aryl methyl sites for hydroxylation is 1. The van der Waals surface area contributed by atoms with E-state index in [4.69, 9.17) is 4.74 Å². The Morgan fingerprint density at radius 3 is 3.17 bits per heavy atom. The van der Waals surface area contributed by atoms with E-state index in [1.807, 2.05) is 35.4 Å². The second-order valence-electron chi connectivity index (χ2n) is 6.85. The number of thiazole rings is 1. The molecule has 1 amide bonds. The van der Waals surface area contributed by atoms with Gasteiger partial charge in [-0.15, -0.1) is 11.3 Å². The standard InChI is InChI=1S/C18H21N3O2S/c1-13-20-15(10-24-13)17(22)21-9-14-5-4-7-18(14,11-21)12-23-16-6-2-3-8-19-16/h2-3,6,8,10,14H,4-5,7,9,11-12H2,1H3/t14-,18+/m1/s1. The molecule has 2 aliphatic rings. The average Bonchev–Trinajstić information content (AvgIpc) is 3.27. The Hall–Kier alpha value is -1.95. The van der Waals surface area contributed by atoms with Gasteiger partial charge in [0.1, 0.15) is 5.69 Å². The molecule has 0 spiro atoms. The van der Waals surface area contributed by atoms with Crippen LogP contribution in [0.1, 0.15) is 34.8 Å². The molecule has 2 aromatic rings. The molecule has 126 valence electrons. The van der Waals surface area contributed by atoms with Crippen molar-refractivity contribution in [2.75, 3.05) is 19.7 Å². The quantitative estimate of drug-likeness (QED) is 0.856. The van der Waals surface area contributed by atoms with Gasteiger partial charge in [-0.05, 0) is 31.7 Å². The number of aromatic nitrogens is 2. The van der Waals surface area contributed by atoms with Gasteiger partial charge < -0.3 is 9.64 Å². The molecule has 6 heteroatoms. The summed E-state index contributed by atoms with van der Waals surface area (Å²) in [5.41, 5.74) is 0.649. The fourth-order valence-electron chi connectivity index (χ4n) is 4.08. The zero-order chi connectivity index (χ0) is 16.6. The Labute approximate surface area is 145 Å². The van der Waals surface area contributed by atoms with E-state index in [0.717, 1.165) is 24.5 Å². The average molecular weight is 343 g/mol. The molecule has 1 saturated heterocycles. The number of carbonyl (C=O) groups excluding carboxylic acids is 1. The number of ether oxygens (including phenoxy) is 1. The summed E-state index contributed by atoms with van der Waals surface area (Å²) in [5.74, 6) is 1.24. The molecule has 1 aliphatic heterocycles. The molecular weight excluding hydrogens is 322 g/mol. The molecule has 3 heterocycles. The van der Waals surface area contributed by atoms with Gasteiger partial charge in [-0.25, -0.2) is 9.97 Å². The zero-order valence-corrected chi connectivity index (χ0v) is 14.6. The number of hydrogen-bond acceptors (Lipinski definition) is 5. The number of amides is 1. The van der Waals surface area contributed by atoms with Crippen molar-refractivity contribution >= 4 is 17.2 Å². The molecule has 24 heavy (non-hydrogen) atoms. The van der Waals surface area contributed by atoms with Crippen LogP contribution in [0.4, 0.5) is 0 Å². The molecule has 0 bridgehead atoms. The van der Waals surface area contributed by atoms with Gasteiger partial charge in [-0.3, -0.25) is 4.79 Å². The maximum atomic E-state index is 12.7. The lowest BCUT2D eigenvalue weighted by Gasteiger charge is -2.28. The molecule has 0 radical (unpaired) electrons. The van der Waals surface area contributed by atoms with Crippen LogP contribution in [0.2, 0.25) is 0 Å². The summed E-state index contributed by atoms with van der Waals surface area (Å²) in [7, 11) is 0. The Bertz CT molecular complexity index is 733. The van der Waals surface area contributed by atoms with Gasteiger partial charge >= 0.3 is 0 Å². The van der Waals surface area contributed by atoms with Crippen molar-refractivity contribution in [2.24, 2.45) is 11.3 Å². The molecule has 0 aromatic carbocycles. The van der Waals surface area contributed by atoms with E-state index in [2.05, 4.69) is 9.97 Å². The lowest BCUT2D eigenvalue weighted by Crippen LogP contribution is -2.35. The number of rotatable bonds is 4. The third kappa shape index (κ3) is 2.79. The van der Waals surface area contributed by atoms with Crippen molar-refractivity contribution in [1.82, 2.24) is 14.9 Å². The van der Waals surface area contributed by atoms with E-state index in [1.54, 1.807) is 6.20 Å². The van der Waals surface area contributed by atoms with E-state index in [0.29, 0.717) is 24.1 Å². The van der Waals surface area contributed by atoms with Crippen LogP contribution in [0.3, 0.4) is 0 Å². The van der Waals surface area contributed by atoms with E-state index in [-0.39, 0.29) is 11.3 Å². The Morgan fingerprint density at radius 1 is 1.50 bits per heavy atom. The number of carbonyl (C=O) groups is 1. The molecule has 2 fully saturated rings. The van der Waals surface area contributed by atoms with Gasteiger partial charge in [0, 0.05) is 36.1 Å². The Kier molecular flexibility index (Phi) is 4.00. The number of likely N-dealkylation sites (tertiary alicyclic amines) is 1. The molecule has 1 saturated carbocycles. The predicted octanol–water partition coefficient (Wildman–Crippen LogP) is 3.17. The Balaban J connectivity index is 1.47. The third-order valence-corrected chi connectivity index (χ3v) is 6.08. The zero-order valence-electron chi connectivity index (χ0n) is 13.8. The second kappa shape index (κ2) is 6.16. The molecule has 5 nitrogen and oxygen atoms in total. The van der Waals surface area contributed by atoms with Crippen molar-refractivity contribution in [3.8, 4) is 5.88 Å². The van der Waals surface area contributed by atoms with Crippen molar-refractivity contribution < 1.29 is 9.53 Å². The summed E-state index contributed by atoms with van der Waals surface area (Å²) in [6.07, 6.45) is 5.25. The van der Waals surface area contributed by atoms with Crippen LogP contribution >= 0.6 is 11.3 Å². The summed E-state index contributed by atoms with van der Waals surface area (Å²) in [4.78, 5) is 23.3. The highest BCUT2D eigenvalue weighted by atomic mass is 32.1. The topological polar surface area (TPSA) is 55.3 Å². The molecule has 2 atom stereocenters. The summed E-state index contributed by atoms with van der Waals surface area (Å²) < 4.78 is 5.97. The first-order chi connectivity index (χ1) is 11.7. The van der Waals surface area contributed by atoms with E-state index in [1.165, 1.54) is 24.2 Å². The highest BCUT2D eigenvalue weighted by molar-refractivity contribution is 7.09. The fraction of sp³-hybridized carbons (Fsp3) is 0.500. The third-order valence-electron chi connectivity index (χ3n) is 5.31. The van der Waals surface area contributed by atoms with Crippen LogP contribution in [0.25, 0.3) is 0 Å². The van der Waals surface area contributed by atoms with E-state index in [9.17, 15) is 4.79 Å². The summed E-state index contributed by atoms with van der Waals surface area (Å²) in [5, 5.41) is 2.80. The van der Waals surface area contributed by atoms with Gasteiger partial charge in [0.25, 0.3) is 5.91 Å². The minimum atomic E-state index is 0.0611. The summed E-state index contributed by atoms with van der Waals surface area (Å²) >= 11 is 1.53. The highest BCUT2D eigenvalue weighted by Crippen LogP contribution is 2.49. The SMILES string of the molecule is Cc1nc(C(=O)N2C[C@H]3CCC[C@@]3(COc3ccccn3)C2)cs1. The van der Waals surface area contributed by atoms with Gasteiger partial charge in [-0.1, -0.05) is 12.5 Å².